The summed E-state index contributed by atoms with van der Waals surface area (Å²) in [6, 6.07) is 21.8. The van der Waals surface area contributed by atoms with Crippen molar-refractivity contribution in [1.29, 1.82) is 0 Å². The molecular weight excluding hydrogens is 274 g/mol. The molecule has 0 radical (unpaired) electrons. The van der Waals surface area contributed by atoms with E-state index < -0.39 is 0 Å². The van der Waals surface area contributed by atoms with E-state index in [2.05, 4.69) is 4.98 Å². The summed E-state index contributed by atoms with van der Waals surface area (Å²) in [4.78, 5) is 4.23. The Morgan fingerprint density at radius 1 is 0.636 bits per heavy atom. The number of nitrogens with zero attached hydrogens (tertiary/aromatic N) is 1. The van der Waals surface area contributed by atoms with Crippen LogP contribution < -0.4 is 10.6 Å². The van der Waals surface area contributed by atoms with Gasteiger partial charge < -0.3 is 10.2 Å². The van der Waals surface area contributed by atoms with Crippen molar-refractivity contribution in [2.45, 2.75) is 0 Å². The van der Waals surface area contributed by atoms with Crippen molar-refractivity contribution < 1.29 is 10.2 Å². The molecule has 0 aliphatic carbocycles. The van der Waals surface area contributed by atoms with Crippen LogP contribution in [-0.2, 0) is 0 Å². The summed E-state index contributed by atoms with van der Waals surface area (Å²) in [5.41, 5.74) is 1.33. The summed E-state index contributed by atoms with van der Waals surface area (Å²) < 4.78 is 0. The second kappa shape index (κ2) is 6.14. The molecule has 2 aromatic carbocycles. The van der Waals surface area contributed by atoms with Crippen molar-refractivity contribution in [3.05, 3.63) is 101 Å². The number of aromatic nitrogens is 1. The molecule has 0 fully saturated rings. The standard InChI is InChI=1S/C19H15NO2/c21-18(14-8-3-1-4-9-14)16-12-7-13-20-17(16)19(22)15-10-5-2-6-11-15/h1-13,21-22H. The zero-order chi connectivity index (χ0) is 15.4. The van der Waals surface area contributed by atoms with Gasteiger partial charge in [0.1, 0.15) is 16.9 Å². The molecule has 22 heavy (non-hydrogen) atoms. The Labute approximate surface area is 128 Å². The summed E-state index contributed by atoms with van der Waals surface area (Å²) >= 11 is 0. The summed E-state index contributed by atoms with van der Waals surface area (Å²) in [5, 5.41) is 21.9. The van der Waals surface area contributed by atoms with Crippen LogP contribution in [0, 0.1) is 0 Å². The number of hydrogen-bond acceptors (Lipinski definition) is 3. The third kappa shape index (κ3) is 2.69. The lowest BCUT2D eigenvalue weighted by Gasteiger charge is -2.03. The minimum atomic E-state index is 0.0404. The topological polar surface area (TPSA) is 53.4 Å². The fourth-order valence-corrected chi connectivity index (χ4v) is 2.27. The van der Waals surface area contributed by atoms with Gasteiger partial charge in [-0.2, -0.15) is 0 Å². The Kier molecular flexibility index (Phi) is 3.88. The molecule has 0 atom stereocenters. The van der Waals surface area contributed by atoms with Gasteiger partial charge in [0.25, 0.3) is 0 Å². The molecule has 0 spiro atoms. The molecule has 108 valence electrons. The minimum Gasteiger partial charge on any atom is -0.507 e. The summed E-state index contributed by atoms with van der Waals surface area (Å²) in [7, 11) is 0. The van der Waals surface area contributed by atoms with Gasteiger partial charge in [-0.1, -0.05) is 60.7 Å². The molecule has 0 bridgehead atoms. The maximum absolute atomic E-state index is 10.5. The van der Waals surface area contributed by atoms with Crippen molar-refractivity contribution in [3.63, 3.8) is 0 Å². The van der Waals surface area contributed by atoms with Crippen LogP contribution in [0.25, 0.3) is 11.5 Å². The van der Waals surface area contributed by atoms with Crippen LogP contribution in [0.15, 0.2) is 79.0 Å². The van der Waals surface area contributed by atoms with Gasteiger partial charge in [0.15, 0.2) is 0 Å². The van der Waals surface area contributed by atoms with E-state index >= 15 is 0 Å². The molecule has 3 rings (SSSR count). The predicted molar refractivity (Wildman–Crippen MR) is 86.6 cm³/mol. The first-order valence-electron chi connectivity index (χ1n) is 6.96. The maximum Gasteiger partial charge on any atom is 0.149 e. The summed E-state index contributed by atoms with van der Waals surface area (Å²) in [6.07, 6.45) is 1.59. The molecule has 0 amide bonds. The molecule has 0 saturated heterocycles. The summed E-state index contributed by atoms with van der Waals surface area (Å²) in [5.74, 6) is 0.130. The van der Waals surface area contributed by atoms with Crippen LogP contribution in [-0.4, -0.2) is 15.2 Å². The first kappa shape index (κ1) is 13.9. The Morgan fingerprint density at radius 3 is 1.77 bits per heavy atom. The quantitative estimate of drug-likeness (QED) is 0.762. The van der Waals surface area contributed by atoms with Crippen molar-refractivity contribution >= 4 is 11.5 Å². The largest absolute Gasteiger partial charge is 0.507 e. The lowest BCUT2D eigenvalue weighted by molar-refractivity contribution is 0.497. The number of benzene rings is 2. The minimum absolute atomic E-state index is 0.0404. The van der Waals surface area contributed by atoms with Gasteiger partial charge in [-0.05, 0) is 12.1 Å². The lowest BCUT2D eigenvalue weighted by atomic mass is 10.1. The number of rotatable bonds is 2. The van der Waals surface area contributed by atoms with Gasteiger partial charge in [0.2, 0.25) is 0 Å². The Hall–Kier alpha value is -3.07. The predicted octanol–water partition coefficient (Wildman–Crippen LogP) is 2.51. The van der Waals surface area contributed by atoms with E-state index in [1.54, 1.807) is 30.5 Å². The highest BCUT2D eigenvalue weighted by Crippen LogP contribution is 2.08. The van der Waals surface area contributed by atoms with E-state index in [4.69, 9.17) is 0 Å². The van der Waals surface area contributed by atoms with Crippen LogP contribution in [0.5, 0.6) is 0 Å². The van der Waals surface area contributed by atoms with Crippen LogP contribution in [0.1, 0.15) is 11.1 Å². The molecule has 3 nitrogen and oxygen atoms in total. The van der Waals surface area contributed by atoms with Gasteiger partial charge in [-0.3, -0.25) is 4.98 Å². The van der Waals surface area contributed by atoms with Crippen LogP contribution in [0.4, 0.5) is 0 Å². The highest BCUT2D eigenvalue weighted by molar-refractivity contribution is 5.62. The zero-order valence-electron chi connectivity index (χ0n) is 11.8. The summed E-state index contributed by atoms with van der Waals surface area (Å²) in [6.45, 7) is 0. The smallest absolute Gasteiger partial charge is 0.149 e. The second-order valence-electron chi connectivity index (χ2n) is 4.83. The van der Waals surface area contributed by atoms with Gasteiger partial charge in [0, 0.05) is 22.5 Å². The molecule has 0 aliphatic rings. The van der Waals surface area contributed by atoms with E-state index in [1.807, 2.05) is 48.5 Å². The first-order valence-corrected chi connectivity index (χ1v) is 6.96. The number of aliphatic hydroxyl groups is 2. The zero-order valence-corrected chi connectivity index (χ0v) is 11.8. The Bertz CT molecular complexity index is 811. The van der Waals surface area contributed by atoms with Crippen molar-refractivity contribution in [1.82, 2.24) is 4.98 Å². The second-order valence-corrected chi connectivity index (χ2v) is 4.83. The van der Waals surface area contributed by atoms with Crippen molar-refractivity contribution in [2.24, 2.45) is 0 Å². The van der Waals surface area contributed by atoms with Crippen molar-refractivity contribution in [2.75, 3.05) is 0 Å². The van der Waals surface area contributed by atoms with Gasteiger partial charge in [-0.25, -0.2) is 0 Å². The number of pyridine rings is 1. The molecule has 1 heterocycles. The Balaban J connectivity index is 2.33. The normalized spacial score (nSPS) is 13.5. The highest BCUT2D eigenvalue weighted by atomic mass is 16.3. The lowest BCUT2D eigenvalue weighted by Crippen LogP contribution is -2.32. The molecule has 3 heteroatoms. The van der Waals surface area contributed by atoms with Crippen molar-refractivity contribution in [3.8, 4) is 0 Å². The van der Waals surface area contributed by atoms with Crippen LogP contribution >= 0.6 is 0 Å². The van der Waals surface area contributed by atoms with E-state index in [1.165, 1.54) is 0 Å². The monoisotopic (exact) mass is 289 g/mol. The molecule has 3 aromatic rings. The third-order valence-corrected chi connectivity index (χ3v) is 3.38. The number of aliphatic hydroxyl groups excluding tert-OH is 2. The maximum atomic E-state index is 10.5. The van der Waals surface area contributed by atoms with E-state index in [9.17, 15) is 10.2 Å². The molecule has 1 aromatic heterocycles. The molecule has 0 unspecified atom stereocenters. The van der Waals surface area contributed by atoms with E-state index in [0.29, 0.717) is 21.7 Å². The molecule has 0 aliphatic heterocycles. The molecular formula is C19H15NO2. The van der Waals surface area contributed by atoms with Gasteiger partial charge >= 0.3 is 0 Å². The van der Waals surface area contributed by atoms with Gasteiger partial charge in [-0.15, -0.1) is 0 Å². The first-order chi connectivity index (χ1) is 10.8. The average Bonchev–Trinajstić information content (AvgIpc) is 2.62. The fraction of sp³-hybridized carbons (Fsp3) is 0. The van der Waals surface area contributed by atoms with Crippen LogP contribution in [0.3, 0.4) is 0 Å². The molecule has 2 N–H and O–H groups in total. The average molecular weight is 289 g/mol. The Morgan fingerprint density at radius 2 is 1.18 bits per heavy atom. The van der Waals surface area contributed by atoms with Gasteiger partial charge in [0.05, 0.1) is 0 Å². The highest BCUT2D eigenvalue weighted by Gasteiger charge is 2.05. The number of hydrogen-bond donors (Lipinski definition) is 2. The van der Waals surface area contributed by atoms with Crippen LogP contribution in [0.2, 0.25) is 0 Å². The molecule has 0 saturated carbocycles. The van der Waals surface area contributed by atoms with E-state index in [0.717, 1.165) is 0 Å². The third-order valence-electron chi connectivity index (χ3n) is 3.38. The van der Waals surface area contributed by atoms with E-state index in [-0.39, 0.29) is 11.5 Å². The fourth-order valence-electron chi connectivity index (χ4n) is 2.27. The SMILES string of the molecule is OC(c1ccccc1)=c1cccnc1=C(O)c1ccccc1.